The van der Waals surface area contributed by atoms with Crippen LogP contribution in [0.4, 0.5) is 5.95 Å². The minimum Gasteiger partial charge on any atom is -0.352 e. The number of aromatic nitrogens is 3. The summed E-state index contributed by atoms with van der Waals surface area (Å²) in [5.41, 5.74) is 0. The topological polar surface area (TPSA) is 77.2 Å². The van der Waals surface area contributed by atoms with Gasteiger partial charge in [0.15, 0.2) is 0 Å². The first-order valence-electron chi connectivity index (χ1n) is 8.42. The highest BCUT2D eigenvalue weighted by Gasteiger charge is 2.30. The Labute approximate surface area is 131 Å². The molecule has 2 aliphatic rings. The van der Waals surface area contributed by atoms with Gasteiger partial charge in [0.25, 0.3) is 0 Å². The molecule has 22 heavy (non-hydrogen) atoms. The minimum atomic E-state index is -0.00234. The van der Waals surface area contributed by atoms with E-state index < -0.39 is 0 Å². The summed E-state index contributed by atoms with van der Waals surface area (Å²) >= 11 is 0. The van der Waals surface area contributed by atoms with Crippen molar-refractivity contribution in [2.45, 2.75) is 51.1 Å². The van der Waals surface area contributed by atoms with E-state index in [9.17, 15) is 4.79 Å². The molecule has 1 amide bonds. The molecule has 1 aliphatic heterocycles. The van der Waals surface area contributed by atoms with Crippen molar-refractivity contribution in [3.8, 4) is 0 Å². The molecule has 1 aromatic rings. The smallest absolute Gasteiger partial charge is 0.237 e. The van der Waals surface area contributed by atoms with E-state index in [1.165, 1.54) is 19.2 Å². The number of hydrogen-bond donors (Lipinski definition) is 2. The van der Waals surface area contributed by atoms with Gasteiger partial charge in [-0.15, -0.1) is 0 Å². The molecule has 7 nitrogen and oxygen atoms in total. The average Bonchev–Trinajstić information content (AvgIpc) is 3.22. The van der Waals surface area contributed by atoms with E-state index in [1.54, 1.807) is 0 Å². The van der Waals surface area contributed by atoms with Gasteiger partial charge in [-0.2, -0.15) is 10.1 Å². The van der Waals surface area contributed by atoms with Crippen molar-refractivity contribution in [2.24, 2.45) is 0 Å². The number of aromatic amines is 1. The zero-order chi connectivity index (χ0) is 15.4. The molecular weight excluding hydrogens is 280 g/mol. The zero-order valence-electron chi connectivity index (χ0n) is 13.3. The molecule has 2 fully saturated rings. The molecule has 1 aliphatic carbocycles. The lowest BCUT2D eigenvalue weighted by molar-refractivity contribution is -0.127. The Bertz CT molecular complexity index is 462. The second kappa shape index (κ2) is 7.09. The summed E-state index contributed by atoms with van der Waals surface area (Å²) in [4.78, 5) is 21.2. The van der Waals surface area contributed by atoms with E-state index in [1.807, 2.05) is 0 Å². The van der Waals surface area contributed by atoms with E-state index in [2.05, 4.69) is 37.2 Å². The van der Waals surface area contributed by atoms with Crippen molar-refractivity contribution in [1.82, 2.24) is 25.4 Å². The third-order valence-electron chi connectivity index (χ3n) is 4.85. The van der Waals surface area contributed by atoms with Gasteiger partial charge >= 0.3 is 0 Å². The van der Waals surface area contributed by atoms with Crippen LogP contribution in [-0.4, -0.2) is 64.3 Å². The largest absolute Gasteiger partial charge is 0.352 e. The fraction of sp³-hybridized carbons (Fsp3) is 0.800. The SMILES string of the molecule is CC[C@@H](C(=O)NC1CCCC1)N1CCN(c2ncn[nH]2)CC1. The molecule has 2 heterocycles. The van der Waals surface area contributed by atoms with Gasteiger partial charge in [0, 0.05) is 32.2 Å². The van der Waals surface area contributed by atoms with Gasteiger partial charge in [0.05, 0.1) is 6.04 Å². The number of piperazine rings is 1. The van der Waals surface area contributed by atoms with Crippen LogP contribution in [0.2, 0.25) is 0 Å². The van der Waals surface area contributed by atoms with Crippen molar-refractivity contribution >= 4 is 11.9 Å². The quantitative estimate of drug-likeness (QED) is 0.840. The lowest BCUT2D eigenvalue weighted by Gasteiger charge is -2.38. The highest BCUT2D eigenvalue weighted by atomic mass is 16.2. The first-order chi connectivity index (χ1) is 10.8. The maximum absolute atomic E-state index is 12.5. The summed E-state index contributed by atoms with van der Waals surface area (Å²) in [7, 11) is 0. The van der Waals surface area contributed by atoms with Crippen LogP contribution in [0.5, 0.6) is 0 Å². The van der Waals surface area contributed by atoms with Crippen LogP contribution in [-0.2, 0) is 4.79 Å². The Kier molecular flexibility index (Phi) is 4.92. The van der Waals surface area contributed by atoms with Crippen molar-refractivity contribution in [1.29, 1.82) is 0 Å². The van der Waals surface area contributed by atoms with Crippen molar-refractivity contribution in [2.75, 3.05) is 31.1 Å². The van der Waals surface area contributed by atoms with Crippen LogP contribution >= 0.6 is 0 Å². The number of rotatable bonds is 5. The molecule has 0 spiro atoms. The van der Waals surface area contributed by atoms with Crippen molar-refractivity contribution in [3.05, 3.63) is 6.33 Å². The fourth-order valence-electron chi connectivity index (χ4n) is 3.57. The normalized spacial score (nSPS) is 22.0. The van der Waals surface area contributed by atoms with Gasteiger partial charge in [0.1, 0.15) is 6.33 Å². The predicted molar refractivity (Wildman–Crippen MR) is 84.6 cm³/mol. The number of nitrogens with zero attached hydrogens (tertiary/aromatic N) is 4. The molecule has 0 radical (unpaired) electrons. The molecule has 122 valence electrons. The van der Waals surface area contributed by atoms with E-state index in [-0.39, 0.29) is 11.9 Å². The molecule has 3 rings (SSSR count). The molecule has 0 aromatic carbocycles. The number of carbonyl (C=O) groups is 1. The molecular formula is C15H26N6O. The van der Waals surface area contributed by atoms with Crippen LogP contribution in [0, 0.1) is 0 Å². The summed E-state index contributed by atoms with van der Waals surface area (Å²) < 4.78 is 0. The predicted octanol–water partition coefficient (Wildman–Crippen LogP) is 0.764. The third-order valence-corrected chi connectivity index (χ3v) is 4.85. The molecule has 1 saturated heterocycles. The molecule has 1 saturated carbocycles. The highest BCUT2D eigenvalue weighted by Crippen LogP contribution is 2.19. The Balaban J connectivity index is 1.52. The van der Waals surface area contributed by atoms with E-state index in [0.29, 0.717) is 6.04 Å². The van der Waals surface area contributed by atoms with Crippen molar-refractivity contribution in [3.63, 3.8) is 0 Å². The second-order valence-electron chi connectivity index (χ2n) is 6.25. The van der Waals surface area contributed by atoms with Gasteiger partial charge in [0.2, 0.25) is 11.9 Å². The molecule has 0 unspecified atom stereocenters. The lowest BCUT2D eigenvalue weighted by atomic mass is 10.1. The van der Waals surface area contributed by atoms with Crippen LogP contribution < -0.4 is 10.2 Å². The molecule has 2 N–H and O–H groups in total. The first kappa shape index (κ1) is 15.3. The lowest BCUT2D eigenvalue weighted by Crippen LogP contribution is -2.56. The maximum atomic E-state index is 12.5. The standard InChI is InChI=1S/C15H26N6O/c1-2-13(14(22)18-12-5-3-4-6-12)20-7-9-21(10-8-20)15-16-11-17-19-15/h11-13H,2-10H2,1H3,(H,18,22)(H,16,17,19)/t13-/m0/s1. The number of hydrogen-bond acceptors (Lipinski definition) is 5. The van der Waals surface area contributed by atoms with Crippen LogP contribution in [0.3, 0.4) is 0 Å². The summed E-state index contributed by atoms with van der Waals surface area (Å²) in [5, 5.41) is 10.0. The maximum Gasteiger partial charge on any atom is 0.237 e. The Morgan fingerprint density at radius 1 is 1.36 bits per heavy atom. The Morgan fingerprint density at radius 2 is 2.09 bits per heavy atom. The molecule has 0 bridgehead atoms. The van der Waals surface area contributed by atoms with Gasteiger partial charge in [-0.1, -0.05) is 19.8 Å². The second-order valence-corrected chi connectivity index (χ2v) is 6.25. The zero-order valence-corrected chi connectivity index (χ0v) is 13.3. The number of amides is 1. The summed E-state index contributed by atoms with van der Waals surface area (Å²) in [5.74, 6) is 1.03. The molecule has 7 heteroatoms. The van der Waals surface area contributed by atoms with Gasteiger partial charge in [-0.25, -0.2) is 5.10 Å². The van der Waals surface area contributed by atoms with E-state index >= 15 is 0 Å². The minimum absolute atomic E-state index is 0.00234. The number of anilines is 1. The van der Waals surface area contributed by atoms with E-state index in [4.69, 9.17) is 0 Å². The highest BCUT2D eigenvalue weighted by molar-refractivity contribution is 5.82. The number of carbonyl (C=O) groups excluding carboxylic acids is 1. The molecule has 1 aromatic heterocycles. The summed E-state index contributed by atoms with van der Waals surface area (Å²) in [6.45, 7) is 5.63. The Hall–Kier alpha value is -1.63. The monoisotopic (exact) mass is 306 g/mol. The molecule has 1 atom stereocenters. The Morgan fingerprint density at radius 3 is 2.68 bits per heavy atom. The van der Waals surface area contributed by atoms with Crippen LogP contribution in [0.1, 0.15) is 39.0 Å². The third kappa shape index (κ3) is 3.40. The fourth-order valence-corrected chi connectivity index (χ4v) is 3.57. The first-order valence-corrected chi connectivity index (χ1v) is 8.42. The van der Waals surface area contributed by atoms with Crippen LogP contribution in [0.15, 0.2) is 6.33 Å². The number of nitrogens with one attached hydrogen (secondary N) is 2. The number of H-pyrrole nitrogens is 1. The average molecular weight is 306 g/mol. The van der Waals surface area contributed by atoms with Crippen molar-refractivity contribution < 1.29 is 4.79 Å². The van der Waals surface area contributed by atoms with Crippen LogP contribution in [0.25, 0.3) is 0 Å². The van der Waals surface area contributed by atoms with Gasteiger partial charge in [-0.05, 0) is 19.3 Å². The summed E-state index contributed by atoms with van der Waals surface area (Å²) in [6.07, 6.45) is 7.17. The van der Waals surface area contributed by atoms with E-state index in [0.717, 1.165) is 51.4 Å². The van der Waals surface area contributed by atoms with Gasteiger partial charge < -0.3 is 10.2 Å². The summed E-state index contributed by atoms with van der Waals surface area (Å²) in [6, 6.07) is 0.398. The van der Waals surface area contributed by atoms with Gasteiger partial charge in [-0.3, -0.25) is 9.69 Å².